The number of alkyl halides is 3. The molecule has 0 aliphatic rings. The van der Waals surface area contributed by atoms with Crippen LogP contribution in [0.15, 0.2) is 0 Å². The van der Waals surface area contributed by atoms with E-state index in [9.17, 15) is 13.2 Å². The van der Waals surface area contributed by atoms with Gasteiger partial charge in [-0.05, 0) is 27.4 Å². The third kappa shape index (κ3) is 3.40. The van der Waals surface area contributed by atoms with Gasteiger partial charge >= 0.3 is 6.18 Å². The van der Waals surface area contributed by atoms with Crippen molar-refractivity contribution >= 4 is 0 Å². The summed E-state index contributed by atoms with van der Waals surface area (Å²) < 4.78 is 36.0. The van der Waals surface area contributed by atoms with Crippen LogP contribution in [0.5, 0.6) is 0 Å². The van der Waals surface area contributed by atoms with Gasteiger partial charge in [-0.2, -0.15) is 13.2 Å². The van der Waals surface area contributed by atoms with Crippen molar-refractivity contribution in [3.8, 4) is 0 Å². The summed E-state index contributed by atoms with van der Waals surface area (Å²) in [6, 6.07) is 0. The molecule has 1 N–H and O–H groups in total. The first-order valence-corrected chi connectivity index (χ1v) is 3.60. The molecule has 0 aromatic heterocycles. The Kier molecular flexibility index (Phi) is 3.53. The minimum atomic E-state index is -4.54. The molecule has 0 amide bonds. The maximum absolute atomic E-state index is 12.0. The Hall–Kier alpha value is -0.290. The van der Waals surface area contributed by atoms with Crippen LogP contribution >= 0.6 is 0 Å². The van der Waals surface area contributed by atoms with Gasteiger partial charge in [0.05, 0.1) is 0 Å². The Labute approximate surface area is 70.0 Å². The van der Waals surface area contributed by atoms with E-state index in [0.717, 1.165) is 6.92 Å². The van der Waals surface area contributed by atoms with E-state index in [1.54, 1.807) is 19.0 Å². The summed E-state index contributed by atoms with van der Waals surface area (Å²) in [5.74, 6) is 0. The molecule has 74 valence electrons. The van der Waals surface area contributed by atoms with Crippen LogP contribution in [0.2, 0.25) is 0 Å². The quantitative estimate of drug-likeness (QED) is 0.715. The number of hydrogen-bond donors (Lipinski definition) is 1. The van der Waals surface area contributed by atoms with Gasteiger partial charge in [-0.15, -0.1) is 0 Å². The Bertz CT molecular complexity index is 142. The Morgan fingerprint density at radius 1 is 1.25 bits per heavy atom. The Morgan fingerprint density at radius 2 is 1.67 bits per heavy atom. The van der Waals surface area contributed by atoms with Crippen LogP contribution in [0.4, 0.5) is 13.2 Å². The fraction of sp³-hybridized carbons (Fsp3) is 1.00. The van der Waals surface area contributed by atoms with Crippen LogP contribution < -0.4 is 0 Å². The third-order valence-electron chi connectivity index (χ3n) is 1.66. The second kappa shape index (κ2) is 3.62. The molecule has 0 aliphatic carbocycles. The normalized spacial score (nSPS) is 18.0. The van der Waals surface area contributed by atoms with Crippen molar-refractivity contribution in [2.24, 2.45) is 0 Å². The Balaban J connectivity index is 4.05. The summed E-state index contributed by atoms with van der Waals surface area (Å²) in [4.78, 5) is 1.60. The van der Waals surface area contributed by atoms with Gasteiger partial charge in [0.15, 0.2) is 5.60 Å². The molecule has 12 heavy (non-hydrogen) atoms. The fourth-order valence-electron chi connectivity index (χ4n) is 0.583. The third-order valence-corrected chi connectivity index (χ3v) is 1.66. The van der Waals surface area contributed by atoms with Gasteiger partial charge in [-0.25, -0.2) is 0 Å². The van der Waals surface area contributed by atoms with Crippen molar-refractivity contribution in [2.75, 3.05) is 20.6 Å². The van der Waals surface area contributed by atoms with Crippen molar-refractivity contribution in [3.05, 3.63) is 0 Å². The van der Waals surface area contributed by atoms with E-state index in [4.69, 9.17) is 5.11 Å². The highest BCUT2D eigenvalue weighted by molar-refractivity contribution is 4.81. The fourth-order valence-corrected chi connectivity index (χ4v) is 0.583. The number of rotatable bonds is 3. The topological polar surface area (TPSA) is 23.5 Å². The average Bonchev–Trinajstić information content (AvgIpc) is 1.81. The van der Waals surface area contributed by atoms with Crippen LogP contribution in [0.25, 0.3) is 0 Å². The zero-order valence-electron chi connectivity index (χ0n) is 7.44. The first kappa shape index (κ1) is 11.7. The molecule has 0 aromatic rings. The summed E-state index contributed by atoms with van der Waals surface area (Å²) in [6.07, 6.45) is -4.84. The maximum atomic E-state index is 12.0. The van der Waals surface area contributed by atoms with E-state index in [1.807, 2.05) is 0 Å². The van der Waals surface area contributed by atoms with Crippen LogP contribution in [0.3, 0.4) is 0 Å². The standard InChI is InChI=1S/C7H14F3NO/c1-6(12,7(8,9)10)4-5-11(2)3/h12H,4-5H2,1-3H3. The Morgan fingerprint density at radius 3 is 1.92 bits per heavy atom. The molecule has 0 aliphatic heterocycles. The van der Waals surface area contributed by atoms with Gasteiger partial charge in [0, 0.05) is 6.54 Å². The average molecular weight is 185 g/mol. The summed E-state index contributed by atoms with van der Waals surface area (Å²) in [5, 5.41) is 8.95. The molecule has 0 radical (unpaired) electrons. The first-order chi connectivity index (χ1) is 5.17. The molecule has 0 saturated heterocycles. The zero-order valence-corrected chi connectivity index (χ0v) is 7.44. The van der Waals surface area contributed by atoms with E-state index >= 15 is 0 Å². The van der Waals surface area contributed by atoms with Crippen molar-refractivity contribution < 1.29 is 18.3 Å². The largest absolute Gasteiger partial charge is 0.416 e. The second-order valence-corrected chi connectivity index (χ2v) is 3.32. The summed E-state index contributed by atoms with van der Waals surface area (Å²) in [6.45, 7) is 1.00. The van der Waals surface area contributed by atoms with Gasteiger partial charge in [-0.1, -0.05) is 0 Å². The molecular formula is C7H14F3NO. The number of hydrogen-bond acceptors (Lipinski definition) is 2. The van der Waals surface area contributed by atoms with Gasteiger partial charge in [0.2, 0.25) is 0 Å². The first-order valence-electron chi connectivity index (χ1n) is 3.60. The molecule has 1 unspecified atom stereocenters. The van der Waals surface area contributed by atoms with Crippen molar-refractivity contribution in [1.82, 2.24) is 4.90 Å². The number of nitrogens with zero attached hydrogens (tertiary/aromatic N) is 1. The molecule has 2 nitrogen and oxygen atoms in total. The molecule has 0 bridgehead atoms. The van der Waals surface area contributed by atoms with Crippen molar-refractivity contribution in [1.29, 1.82) is 0 Å². The smallest absolute Gasteiger partial charge is 0.381 e. The van der Waals surface area contributed by atoms with Crippen molar-refractivity contribution in [2.45, 2.75) is 25.1 Å². The van der Waals surface area contributed by atoms with Crippen LogP contribution in [-0.2, 0) is 0 Å². The van der Waals surface area contributed by atoms with Crippen LogP contribution in [0.1, 0.15) is 13.3 Å². The predicted molar refractivity (Wildman–Crippen MR) is 39.8 cm³/mol. The SMILES string of the molecule is CN(C)CCC(C)(O)C(F)(F)F. The van der Waals surface area contributed by atoms with E-state index in [1.165, 1.54) is 0 Å². The molecule has 0 saturated carbocycles. The lowest BCUT2D eigenvalue weighted by Crippen LogP contribution is -2.44. The molecule has 0 fully saturated rings. The minimum absolute atomic E-state index is 0.215. The van der Waals surface area contributed by atoms with Gasteiger partial charge in [-0.3, -0.25) is 0 Å². The van der Waals surface area contributed by atoms with Crippen molar-refractivity contribution in [3.63, 3.8) is 0 Å². The molecule has 0 aromatic carbocycles. The maximum Gasteiger partial charge on any atom is 0.416 e. The monoisotopic (exact) mass is 185 g/mol. The second-order valence-electron chi connectivity index (χ2n) is 3.32. The minimum Gasteiger partial charge on any atom is -0.381 e. The molecule has 0 spiro atoms. The van der Waals surface area contributed by atoms with E-state index < -0.39 is 11.8 Å². The molecule has 5 heteroatoms. The van der Waals surface area contributed by atoms with E-state index in [0.29, 0.717) is 0 Å². The van der Waals surface area contributed by atoms with Crippen LogP contribution in [0, 0.1) is 0 Å². The molecule has 0 heterocycles. The number of halogens is 3. The highest BCUT2D eigenvalue weighted by atomic mass is 19.4. The summed E-state index contributed by atoms with van der Waals surface area (Å²) in [7, 11) is 3.32. The zero-order chi connectivity index (χ0) is 9.99. The highest BCUT2D eigenvalue weighted by Gasteiger charge is 2.49. The van der Waals surface area contributed by atoms with Gasteiger partial charge in [0.25, 0.3) is 0 Å². The van der Waals surface area contributed by atoms with Gasteiger partial charge < -0.3 is 10.0 Å². The number of aliphatic hydroxyl groups is 1. The van der Waals surface area contributed by atoms with E-state index in [-0.39, 0.29) is 13.0 Å². The molecule has 1 atom stereocenters. The summed E-state index contributed by atoms with van der Waals surface area (Å²) >= 11 is 0. The summed E-state index contributed by atoms with van der Waals surface area (Å²) in [5.41, 5.74) is -2.57. The molecular weight excluding hydrogens is 171 g/mol. The van der Waals surface area contributed by atoms with E-state index in [2.05, 4.69) is 0 Å². The highest BCUT2D eigenvalue weighted by Crippen LogP contribution is 2.32. The lowest BCUT2D eigenvalue weighted by molar-refractivity contribution is -0.255. The molecule has 0 rings (SSSR count). The van der Waals surface area contributed by atoms with Crippen LogP contribution in [-0.4, -0.2) is 42.4 Å². The van der Waals surface area contributed by atoms with Gasteiger partial charge in [0.1, 0.15) is 0 Å². The lowest BCUT2D eigenvalue weighted by atomic mass is 10.0. The lowest BCUT2D eigenvalue weighted by Gasteiger charge is -2.27. The predicted octanol–water partition coefficient (Wildman–Crippen LogP) is 1.25.